The van der Waals surface area contributed by atoms with E-state index in [1.807, 2.05) is 20.8 Å². The molecule has 25 heavy (non-hydrogen) atoms. The van der Waals surface area contributed by atoms with Crippen molar-refractivity contribution in [3.05, 3.63) is 29.8 Å². The Kier molecular flexibility index (Phi) is 8.37. The van der Waals surface area contributed by atoms with Gasteiger partial charge < -0.3 is 26.2 Å². The molecule has 0 aliphatic carbocycles. The zero-order chi connectivity index (χ0) is 18.9. The van der Waals surface area contributed by atoms with E-state index < -0.39 is 17.7 Å². The van der Waals surface area contributed by atoms with Crippen molar-refractivity contribution in [1.29, 1.82) is 0 Å². The second-order valence-electron chi connectivity index (χ2n) is 6.88. The van der Waals surface area contributed by atoms with Gasteiger partial charge in [-0.25, -0.2) is 4.79 Å². The van der Waals surface area contributed by atoms with E-state index in [0.29, 0.717) is 31.5 Å². The average Bonchev–Trinajstić information content (AvgIpc) is 2.53. The molecule has 5 N–H and O–H groups in total. The maximum Gasteiger partial charge on any atom is 0.407 e. The van der Waals surface area contributed by atoms with Crippen LogP contribution in [-0.4, -0.2) is 35.3 Å². The van der Waals surface area contributed by atoms with Crippen LogP contribution in [-0.2, 0) is 16.1 Å². The Morgan fingerprint density at radius 3 is 2.40 bits per heavy atom. The highest BCUT2D eigenvalue weighted by Crippen LogP contribution is 2.11. The predicted molar refractivity (Wildman–Crippen MR) is 97.1 cm³/mol. The lowest BCUT2D eigenvalue weighted by Crippen LogP contribution is -2.36. The molecule has 0 aliphatic heterocycles. The summed E-state index contributed by atoms with van der Waals surface area (Å²) in [5.41, 5.74) is 6.79. The molecule has 140 valence electrons. The van der Waals surface area contributed by atoms with Crippen LogP contribution < -0.4 is 16.4 Å². The molecule has 1 rings (SSSR count). The topological polar surface area (TPSA) is 114 Å². The Bertz CT molecular complexity index is 552. The number of aliphatic hydroxyl groups is 1. The molecule has 0 heterocycles. The highest BCUT2D eigenvalue weighted by atomic mass is 16.6. The Labute approximate surface area is 148 Å². The lowest BCUT2D eigenvalue weighted by Gasteiger charge is -2.19. The number of carbonyl (C=O) groups excluding carboxylic acids is 2. The Hall–Kier alpha value is -2.12. The summed E-state index contributed by atoms with van der Waals surface area (Å²) in [5.74, 6) is -0.253. The van der Waals surface area contributed by atoms with Gasteiger partial charge in [0.25, 0.3) is 0 Å². The molecule has 0 bridgehead atoms. The van der Waals surface area contributed by atoms with Gasteiger partial charge in [-0.2, -0.15) is 0 Å². The molecule has 1 aromatic carbocycles. The standard InChI is InChI=1S/C18H29N3O4/c1-18(2,3)25-17(24)20-11-5-4-6-15(19)16(23)21-14-9-7-13(12-22)8-10-14/h7-10,15,22H,4-6,11-12,19H2,1-3H3,(H,20,24)(H,21,23)/t15-/m0/s1. The number of hydrogen-bond donors (Lipinski definition) is 4. The molecule has 2 amide bonds. The van der Waals surface area contributed by atoms with E-state index in [2.05, 4.69) is 10.6 Å². The molecule has 7 nitrogen and oxygen atoms in total. The van der Waals surface area contributed by atoms with Crippen LogP contribution >= 0.6 is 0 Å². The maximum atomic E-state index is 12.0. The van der Waals surface area contributed by atoms with Crippen LogP contribution in [0.15, 0.2) is 24.3 Å². The molecule has 0 aliphatic rings. The fourth-order valence-corrected chi connectivity index (χ4v) is 2.05. The SMILES string of the molecule is CC(C)(C)OC(=O)NCCCC[C@H](N)C(=O)Nc1ccc(CO)cc1. The summed E-state index contributed by atoms with van der Waals surface area (Å²) in [6, 6.07) is 6.31. The van der Waals surface area contributed by atoms with Crippen molar-refractivity contribution in [2.75, 3.05) is 11.9 Å². The van der Waals surface area contributed by atoms with E-state index >= 15 is 0 Å². The van der Waals surface area contributed by atoms with E-state index in [1.54, 1.807) is 24.3 Å². The van der Waals surface area contributed by atoms with E-state index in [1.165, 1.54) is 0 Å². The number of benzene rings is 1. The molecule has 1 atom stereocenters. The van der Waals surface area contributed by atoms with Crippen molar-refractivity contribution in [2.24, 2.45) is 5.73 Å². The summed E-state index contributed by atoms with van der Waals surface area (Å²) >= 11 is 0. The smallest absolute Gasteiger partial charge is 0.407 e. The van der Waals surface area contributed by atoms with Gasteiger partial charge in [0.05, 0.1) is 12.6 Å². The maximum absolute atomic E-state index is 12.0. The largest absolute Gasteiger partial charge is 0.444 e. The zero-order valence-electron chi connectivity index (χ0n) is 15.2. The number of ether oxygens (including phenoxy) is 1. The van der Waals surface area contributed by atoms with Crippen LogP contribution in [0.4, 0.5) is 10.5 Å². The number of nitrogens with two attached hydrogens (primary N) is 1. The second kappa shape index (κ2) is 10.0. The molecule has 0 unspecified atom stereocenters. The fraction of sp³-hybridized carbons (Fsp3) is 0.556. The lowest BCUT2D eigenvalue weighted by molar-refractivity contribution is -0.117. The molecule has 0 spiro atoms. The van der Waals surface area contributed by atoms with Gasteiger partial charge in [0.15, 0.2) is 0 Å². The van der Waals surface area contributed by atoms with Crippen molar-refractivity contribution in [2.45, 2.75) is 58.3 Å². The third-order valence-electron chi connectivity index (χ3n) is 3.35. The molecule has 0 radical (unpaired) electrons. The predicted octanol–water partition coefficient (Wildman–Crippen LogP) is 2.14. The fourth-order valence-electron chi connectivity index (χ4n) is 2.05. The third-order valence-corrected chi connectivity index (χ3v) is 3.35. The number of unbranched alkanes of at least 4 members (excludes halogenated alkanes) is 1. The quantitative estimate of drug-likeness (QED) is 0.536. The van der Waals surface area contributed by atoms with Gasteiger partial charge in [0.1, 0.15) is 5.60 Å². The Morgan fingerprint density at radius 2 is 1.84 bits per heavy atom. The summed E-state index contributed by atoms with van der Waals surface area (Å²) in [4.78, 5) is 23.5. The first-order chi connectivity index (χ1) is 11.7. The highest BCUT2D eigenvalue weighted by Gasteiger charge is 2.16. The van der Waals surface area contributed by atoms with Crippen LogP contribution in [0.2, 0.25) is 0 Å². The van der Waals surface area contributed by atoms with Crippen LogP contribution in [0.25, 0.3) is 0 Å². The molecular formula is C18H29N3O4. The zero-order valence-corrected chi connectivity index (χ0v) is 15.2. The van der Waals surface area contributed by atoms with E-state index in [-0.39, 0.29) is 12.5 Å². The number of hydrogen-bond acceptors (Lipinski definition) is 5. The molecule has 1 aromatic rings. The van der Waals surface area contributed by atoms with Crippen molar-refractivity contribution >= 4 is 17.7 Å². The third kappa shape index (κ3) is 9.07. The van der Waals surface area contributed by atoms with Gasteiger partial charge >= 0.3 is 6.09 Å². The molecule has 0 aromatic heterocycles. The number of aliphatic hydroxyl groups excluding tert-OH is 1. The van der Waals surface area contributed by atoms with Gasteiger partial charge in [0.2, 0.25) is 5.91 Å². The van der Waals surface area contributed by atoms with Crippen molar-refractivity contribution in [3.8, 4) is 0 Å². The monoisotopic (exact) mass is 351 g/mol. The summed E-state index contributed by atoms with van der Waals surface area (Å²) in [6.07, 6.45) is 1.51. The van der Waals surface area contributed by atoms with Crippen LogP contribution in [0, 0.1) is 0 Å². The van der Waals surface area contributed by atoms with Crippen LogP contribution in [0.3, 0.4) is 0 Å². The first kappa shape index (κ1) is 20.9. The number of rotatable bonds is 8. The lowest BCUT2D eigenvalue weighted by atomic mass is 10.1. The highest BCUT2D eigenvalue weighted by molar-refractivity contribution is 5.94. The minimum atomic E-state index is -0.612. The first-order valence-electron chi connectivity index (χ1n) is 8.44. The van der Waals surface area contributed by atoms with E-state index in [0.717, 1.165) is 5.56 Å². The molecule has 0 saturated carbocycles. The van der Waals surface area contributed by atoms with Gasteiger partial charge in [-0.15, -0.1) is 0 Å². The van der Waals surface area contributed by atoms with E-state index in [4.69, 9.17) is 15.6 Å². The first-order valence-corrected chi connectivity index (χ1v) is 8.44. The normalized spacial score (nSPS) is 12.4. The summed E-state index contributed by atoms with van der Waals surface area (Å²) in [7, 11) is 0. The number of amides is 2. The summed E-state index contributed by atoms with van der Waals surface area (Å²) < 4.78 is 5.13. The average molecular weight is 351 g/mol. The molecule has 0 fully saturated rings. The number of carbonyl (C=O) groups is 2. The van der Waals surface area contributed by atoms with Crippen LogP contribution in [0.5, 0.6) is 0 Å². The number of alkyl carbamates (subject to hydrolysis) is 1. The minimum Gasteiger partial charge on any atom is -0.444 e. The van der Waals surface area contributed by atoms with Gasteiger partial charge in [0, 0.05) is 12.2 Å². The second-order valence-corrected chi connectivity index (χ2v) is 6.88. The molecule has 0 saturated heterocycles. The van der Waals surface area contributed by atoms with Crippen molar-refractivity contribution < 1.29 is 19.4 Å². The van der Waals surface area contributed by atoms with Gasteiger partial charge in [-0.05, 0) is 57.7 Å². The molecule has 7 heteroatoms. The number of nitrogens with one attached hydrogen (secondary N) is 2. The summed E-state index contributed by atoms with van der Waals surface area (Å²) in [5, 5.41) is 14.4. The van der Waals surface area contributed by atoms with Gasteiger partial charge in [-0.3, -0.25) is 4.79 Å². The van der Waals surface area contributed by atoms with Crippen molar-refractivity contribution in [1.82, 2.24) is 5.32 Å². The van der Waals surface area contributed by atoms with Crippen molar-refractivity contribution in [3.63, 3.8) is 0 Å². The van der Waals surface area contributed by atoms with Gasteiger partial charge in [-0.1, -0.05) is 12.1 Å². The minimum absolute atomic E-state index is 0.0366. The van der Waals surface area contributed by atoms with E-state index in [9.17, 15) is 9.59 Å². The van der Waals surface area contributed by atoms with Crippen LogP contribution in [0.1, 0.15) is 45.6 Å². The number of anilines is 1. The summed E-state index contributed by atoms with van der Waals surface area (Å²) in [6.45, 7) is 5.86. The Balaban J connectivity index is 2.21. The molecular weight excluding hydrogens is 322 g/mol. The Morgan fingerprint density at radius 1 is 1.20 bits per heavy atom.